The maximum atomic E-state index is 12.7. The van der Waals surface area contributed by atoms with Gasteiger partial charge < -0.3 is 5.32 Å². The van der Waals surface area contributed by atoms with E-state index < -0.39 is 0 Å². The highest BCUT2D eigenvalue weighted by molar-refractivity contribution is 9.10. The second-order valence-corrected chi connectivity index (χ2v) is 9.50. The molecule has 7 heteroatoms. The number of thioether (sulfide) groups is 1. The van der Waals surface area contributed by atoms with Gasteiger partial charge in [0.05, 0.1) is 17.4 Å². The zero-order chi connectivity index (χ0) is 18.7. The number of aromatic nitrogens is 2. The van der Waals surface area contributed by atoms with Crippen molar-refractivity contribution >= 4 is 33.6 Å². The lowest BCUT2D eigenvalue weighted by molar-refractivity contribution is 0.0817. The van der Waals surface area contributed by atoms with Gasteiger partial charge in [0.2, 0.25) is 0 Å². The van der Waals surface area contributed by atoms with E-state index in [-0.39, 0.29) is 11.4 Å². The third-order valence-electron chi connectivity index (χ3n) is 5.73. The molecule has 2 fully saturated rings. The molecule has 1 N–H and O–H groups in total. The van der Waals surface area contributed by atoms with E-state index in [4.69, 9.17) is 0 Å². The summed E-state index contributed by atoms with van der Waals surface area (Å²) in [7, 11) is 0. The molecular formula is C20H25BrN4OS. The summed E-state index contributed by atoms with van der Waals surface area (Å²) >= 11 is 5.47. The van der Waals surface area contributed by atoms with Gasteiger partial charge in [-0.25, -0.2) is 4.68 Å². The smallest absolute Gasteiger partial charge is 0.254 e. The Labute approximate surface area is 173 Å². The van der Waals surface area contributed by atoms with Gasteiger partial charge in [-0.1, -0.05) is 28.8 Å². The number of rotatable bonds is 5. The molecule has 0 atom stereocenters. The van der Waals surface area contributed by atoms with Crippen LogP contribution in [0.1, 0.15) is 36.0 Å². The summed E-state index contributed by atoms with van der Waals surface area (Å²) in [5.41, 5.74) is 1.70. The van der Waals surface area contributed by atoms with E-state index in [2.05, 4.69) is 31.2 Å². The second kappa shape index (κ2) is 8.37. The standard InChI is InChI=1S/C20H25BrN4OS/c21-17-3-5-18(6-4-17)25-14-16(13-23-25)19(26)22-15-20(7-1-2-8-20)24-9-11-27-12-10-24/h3-6,13-14H,1-2,7-12,15H2,(H,22,26). The molecule has 0 radical (unpaired) electrons. The van der Waals surface area contributed by atoms with Gasteiger partial charge in [0.15, 0.2) is 0 Å². The van der Waals surface area contributed by atoms with Gasteiger partial charge in [-0.15, -0.1) is 0 Å². The van der Waals surface area contributed by atoms with Gasteiger partial charge in [0.25, 0.3) is 5.91 Å². The van der Waals surface area contributed by atoms with E-state index >= 15 is 0 Å². The van der Waals surface area contributed by atoms with Crippen molar-refractivity contribution in [3.63, 3.8) is 0 Å². The van der Waals surface area contributed by atoms with E-state index in [0.29, 0.717) is 5.56 Å². The second-order valence-electron chi connectivity index (χ2n) is 7.36. The lowest BCUT2D eigenvalue weighted by Gasteiger charge is -2.43. The lowest BCUT2D eigenvalue weighted by atomic mass is 9.94. The number of amides is 1. The fraction of sp³-hybridized carbons (Fsp3) is 0.500. The monoisotopic (exact) mass is 448 g/mol. The number of carbonyl (C=O) groups excluding carboxylic acids is 1. The summed E-state index contributed by atoms with van der Waals surface area (Å²) in [4.78, 5) is 15.4. The fourth-order valence-electron chi connectivity index (χ4n) is 4.20. The molecule has 1 aromatic carbocycles. The fourth-order valence-corrected chi connectivity index (χ4v) is 5.37. The van der Waals surface area contributed by atoms with E-state index in [9.17, 15) is 4.79 Å². The molecule has 1 aliphatic heterocycles. The topological polar surface area (TPSA) is 50.2 Å². The molecule has 144 valence electrons. The van der Waals surface area contributed by atoms with Crippen LogP contribution in [0.3, 0.4) is 0 Å². The van der Waals surface area contributed by atoms with Crippen molar-refractivity contribution in [2.75, 3.05) is 31.1 Å². The molecular weight excluding hydrogens is 424 g/mol. The lowest BCUT2D eigenvalue weighted by Crippen LogP contribution is -2.56. The van der Waals surface area contributed by atoms with E-state index in [1.807, 2.05) is 36.0 Å². The minimum atomic E-state index is -0.0315. The zero-order valence-corrected chi connectivity index (χ0v) is 17.8. The number of nitrogens with zero attached hydrogens (tertiary/aromatic N) is 3. The molecule has 1 amide bonds. The first-order chi connectivity index (χ1) is 13.2. The average molecular weight is 449 g/mol. The Bertz CT molecular complexity index is 780. The minimum absolute atomic E-state index is 0.0315. The Kier molecular flexibility index (Phi) is 5.90. The Morgan fingerprint density at radius 2 is 1.89 bits per heavy atom. The Morgan fingerprint density at radius 3 is 2.59 bits per heavy atom. The van der Waals surface area contributed by atoms with Gasteiger partial charge in [-0.05, 0) is 37.1 Å². The summed E-state index contributed by atoms with van der Waals surface area (Å²) in [6.07, 6.45) is 8.36. The normalized spacial score (nSPS) is 19.9. The van der Waals surface area contributed by atoms with Crippen molar-refractivity contribution in [2.45, 2.75) is 31.2 Å². The van der Waals surface area contributed by atoms with Crippen LogP contribution in [0, 0.1) is 0 Å². The molecule has 5 nitrogen and oxygen atoms in total. The van der Waals surface area contributed by atoms with Crippen LogP contribution in [0.5, 0.6) is 0 Å². The highest BCUT2D eigenvalue weighted by Gasteiger charge is 2.40. The first kappa shape index (κ1) is 19.0. The largest absolute Gasteiger partial charge is 0.350 e. The maximum Gasteiger partial charge on any atom is 0.254 e. The number of carbonyl (C=O) groups is 1. The predicted molar refractivity (Wildman–Crippen MR) is 114 cm³/mol. The Morgan fingerprint density at radius 1 is 1.19 bits per heavy atom. The molecule has 1 saturated carbocycles. The number of hydrogen-bond acceptors (Lipinski definition) is 4. The molecule has 1 aromatic heterocycles. The molecule has 0 unspecified atom stereocenters. The average Bonchev–Trinajstić information content (AvgIpc) is 3.38. The number of halogens is 1. The number of nitrogens with one attached hydrogen (secondary N) is 1. The quantitative estimate of drug-likeness (QED) is 0.756. The van der Waals surface area contributed by atoms with Gasteiger partial charge in [-0.2, -0.15) is 16.9 Å². The van der Waals surface area contributed by atoms with Crippen LogP contribution in [0.25, 0.3) is 5.69 Å². The van der Waals surface area contributed by atoms with Crippen LogP contribution in [-0.2, 0) is 0 Å². The van der Waals surface area contributed by atoms with Crippen LogP contribution in [-0.4, -0.2) is 57.3 Å². The SMILES string of the molecule is O=C(NCC1(N2CCSCC2)CCCC1)c1cnn(-c2ccc(Br)cc2)c1. The Hall–Kier alpha value is -1.31. The number of hydrogen-bond donors (Lipinski definition) is 1. The van der Waals surface area contributed by atoms with Crippen molar-refractivity contribution in [2.24, 2.45) is 0 Å². The Balaban J connectivity index is 1.42. The molecule has 1 saturated heterocycles. The van der Waals surface area contributed by atoms with E-state index in [1.165, 1.54) is 37.2 Å². The molecule has 2 aliphatic rings. The van der Waals surface area contributed by atoms with Crippen molar-refractivity contribution in [1.29, 1.82) is 0 Å². The highest BCUT2D eigenvalue weighted by Crippen LogP contribution is 2.36. The first-order valence-corrected chi connectivity index (χ1v) is 11.5. The summed E-state index contributed by atoms with van der Waals surface area (Å²) in [5, 5.41) is 7.56. The predicted octanol–water partition coefficient (Wildman–Crippen LogP) is 3.73. The van der Waals surface area contributed by atoms with Crippen LogP contribution in [0.4, 0.5) is 0 Å². The van der Waals surface area contributed by atoms with E-state index in [1.54, 1.807) is 17.1 Å². The van der Waals surface area contributed by atoms with Crippen LogP contribution >= 0.6 is 27.7 Å². The van der Waals surface area contributed by atoms with Gasteiger partial charge >= 0.3 is 0 Å². The third-order valence-corrected chi connectivity index (χ3v) is 7.20. The van der Waals surface area contributed by atoms with Crippen molar-refractivity contribution in [3.05, 3.63) is 46.7 Å². The van der Waals surface area contributed by atoms with Gasteiger partial charge in [-0.3, -0.25) is 9.69 Å². The van der Waals surface area contributed by atoms with Gasteiger partial charge in [0.1, 0.15) is 0 Å². The molecule has 0 bridgehead atoms. The van der Waals surface area contributed by atoms with Crippen LogP contribution < -0.4 is 5.32 Å². The third kappa shape index (κ3) is 4.25. The van der Waals surface area contributed by atoms with E-state index in [0.717, 1.165) is 29.8 Å². The van der Waals surface area contributed by atoms with Crippen LogP contribution in [0.2, 0.25) is 0 Å². The van der Waals surface area contributed by atoms with Crippen molar-refractivity contribution in [1.82, 2.24) is 20.0 Å². The molecule has 4 rings (SSSR count). The maximum absolute atomic E-state index is 12.7. The first-order valence-electron chi connectivity index (χ1n) is 9.58. The molecule has 2 aromatic rings. The minimum Gasteiger partial charge on any atom is -0.350 e. The zero-order valence-electron chi connectivity index (χ0n) is 15.4. The molecule has 27 heavy (non-hydrogen) atoms. The van der Waals surface area contributed by atoms with Gasteiger partial charge in [0, 0.05) is 47.3 Å². The van der Waals surface area contributed by atoms with Crippen molar-refractivity contribution in [3.8, 4) is 5.69 Å². The number of benzene rings is 1. The highest BCUT2D eigenvalue weighted by atomic mass is 79.9. The van der Waals surface area contributed by atoms with Crippen molar-refractivity contribution < 1.29 is 4.79 Å². The molecule has 1 aliphatic carbocycles. The summed E-state index contributed by atoms with van der Waals surface area (Å²) < 4.78 is 2.77. The summed E-state index contributed by atoms with van der Waals surface area (Å²) in [6.45, 7) is 3.02. The van der Waals surface area contributed by atoms with Crippen LogP contribution in [0.15, 0.2) is 41.1 Å². The summed E-state index contributed by atoms with van der Waals surface area (Å²) in [5.74, 6) is 2.38. The summed E-state index contributed by atoms with van der Waals surface area (Å²) in [6, 6.07) is 7.89. The molecule has 0 spiro atoms. The molecule has 2 heterocycles.